The number of likely N-dealkylation sites (tertiary alicyclic amines) is 1. The average molecular weight is 479 g/mol. The number of benzene rings is 3. The van der Waals surface area contributed by atoms with Crippen LogP contribution in [0.25, 0.3) is 0 Å². The quantitative estimate of drug-likeness (QED) is 0.558. The van der Waals surface area contributed by atoms with Gasteiger partial charge < -0.3 is 14.8 Å². The number of carbonyl (C=O) groups excluding carboxylic acids is 2. The number of carbonyl (C=O) groups is 2. The van der Waals surface area contributed by atoms with Crippen molar-refractivity contribution in [2.45, 2.75) is 11.5 Å². The van der Waals surface area contributed by atoms with Crippen LogP contribution < -0.4 is 14.8 Å². The van der Waals surface area contributed by atoms with Crippen LogP contribution in [0.4, 0.5) is 10.1 Å². The highest BCUT2D eigenvalue weighted by molar-refractivity contribution is 6.31. The molecule has 6 nitrogen and oxygen atoms in total. The highest BCUT2D eigenvalue weighted by Crippen LogP contribution is 2.56. The number of hydrogen-bond donors (Lipinski definition) is 1. The van der Waals surface area contributed by atoms with Crippen LogP contribution in [0, 0.1) is 11.7 Å². The lowest BCUT2D eigenvalue weighted by Gasteiger charge is -2.35. The maximum atomic E-state index is 14.2. The van der Waals surface area contributed by atoms with Crippen LogP contribution in [-0.2, 0) is 10.3 Å². The van der Waals surface area contributed by atoms with Crippen molar-refractivity contribution in [1.29, 1.82) is 0 Å². The first-order valence-corrected chi connectivity index (χ1v) is 11.3. The molecule has 3 aromatic carbocycles. The third-order valence-corrected chi connectivity index (χ3v) is 7.38. The SMILES string of the molecule is CN1C[C@H](c2ccc(F)cc2)[C@H](C(=O)c2ccc3c(c2)OCO3)[C@@]12C(=O)Nc1ccc(Cl)cc12. The van der Waals surface area contributed by atoms with Crippen molar-refractivity contribution in [3.8, 4) is 11.5 Å². The number of halogens is 2. The molecule has 8 heteroatoms. The summed E-state index contributed by atoms with van der Waals surface area (Å²) < 4.78 is 24.6. The van der Waals surface area contributed by atoms with Gasteiger partial charge in [-0.2, -0.15) is 0 Å². The number of nitrogens with one attached hydrogen (secondary N) is 1. The number of amides is 1. The van der Waals surface area contributed by atoms with Gasteiger partial charge in [-0.15, -0.1) is 0 Å². The Labute approximate surface area is 200 Å². The van der Waals surface area contributed by atoms with Crippen molar-refractivity contribution >= 4 is 29.0 Å². The van der Waals surface area contributed by atoms with E-state index in [1.165, 1.54) is 12.1 Å². The molecule has 6 rings (SSSR count). The minimum atomic E-state index is -1.27. The molecule has 3 aliphatic heterocycles. The summed E-state index contributed by atoms with van der Waals surface area (Å²) in [6, 6.07) is 16.4. The monoisotopic (exact) mass is 478 g/mol. The molecule has 3 atom stereocenters. The van der Waals surface area contributed by atoms with E-state index in [1.54, 1.807) is 48.5 Å². The van der Waals surface area contributed by atoms with E-state index in [0.29, 0.717) is 39.9 Å². The van der Waals surface area contributed by atoms with Gasteiger partial charge in [0.05, 0.1) is 5.92 Å². The third-order valence-electron chi connectivity index (χ3n) is 7.15. The zero-order chi connectivity index (χ0) is 23.6. The number of Topliss-reactive ketones (excluding diaryl/α,β-unsaturated/α-hetero) is 1. The van der Waals surface area contributed by atoms with Crippen LogP contribution in [-0.4, -0.2) is 37.0 Å². The maximum Gasteiger partial charge on any atom is 0.250 e. The number of rotatable bonds is 3. The zero-order valence-corrected chi connectivity index (χ0v) is 18.9. The second-order valence-corrected chi connectivity index (χ2v) is 9.30. The van der Waals surface area contributed by atoms with E-state index >= 15 is 0 Å². The number of ether oxygens (including phenoxy) is 2. The minimum absolute atomic E-state index is 0.0928. The molecule has 0 radical (unpaired) electrons. The van der Waals surface area contributed by atoms with E-state index < -0.39 is 11.5 Å². The first kappa shape index (κ1) is 21.1. The first-order chi connectivity index (χ1) is 16.4. The first-order valence-electron chi connectivity index (χ1n) is 10.9. The molecule has 1 amide bonds. The summed E-state index contributed by atoms with van der Waals surface area (Å²) in [5, 5.41) is 3.43. The Kier molecular flexibility index (Phi) is 4.69. The summed E-state index contributed by atoms with van der Waals surface area (Å²) in [6.07, 6.45) is 0. The van der Waals surface area contributed by atoms with E-state index in [1.807, 2.05) is 11.9 Å². The summed E-state index contributed by atoms with van der Waals surface area (Å²) in [5.41, 5.74) is 1.22. The molecule has 1 spiro atoms. The molecule has 3 aliphatic rings. The van der Waals surface area contributed by atoms with Crippen LogP contribution >= 0.6 is 11.6 Å². The van der Waals surface area contributed by atoms with Crippen molar-refractivity contribution in [1.82, 2.24) is 4.90 Å². The number of fused-ring (bicyclic) bond motifs is 3. The molecule has 172 valence electrons. The molecular weight excluding hydrogens is 459 g/mol. The van der Waals surface area contributed by atoms with Crippen molar-refractivity contribution in [2.75, 3.05) is 25.7 Å². The number of anilines is 1. The summed E-state index contributed by atoms with van der Waals surface area (Å²) in [5.74, 6) is -0.943. The zero-order valence-electron chi connectivity index (χ0n) is 18.2. The molecule has 3 aromatic rings. The van der Waals surface area contributed by atoms with Gasteiger partial charge in [-0.3, -0.25) is 14.5 Å². The number of likely N-dealkylation sites (N-methyl/N-ethyl adjacent to an activating group) is 1. The van der Waals surface area contributed by atoms with Gasteiger partial charge in [-0.05, 0) is 61.1 Å². The predicted molar refractivity (Wildman–Crippen MR) is 124 cm³/mol. The molecule has 1 saturated heterocycles. The van der Waals surface area contributed by atoms with E-state index in [0.717, 1.165) is 5.56 Å². The largest absolute Gasteiger partial charge is 0.454 e. The number of hydrogen-bond acceptors (Lipinski definition) is 5. The Balaban J connectivity index is 1.55. The molecule has 34 heavy (non-hydrogen) atoms. The number of nitrogens with zero attached hydrogens (tertiary/aromatic N) is 1. The maximum absolute atomic E-state index is 14.2. The van der Waals surface area contributed by atoms with Gasteiger partial charge in [0.1, 0.15) is 11.4 Å². The Morgan fingerprint density at radius 1 is 1.09 bits per heavy atom. The molecule has 0 bridgehead atoms. The standard InChI is InChI=1S/C26H20ClFN2O4/c1-30-12-18(14-2-6-17(28)7-3-14)23(24(31)15-4-9-21-22(10-15)34-13-33-21)26(30)19-11-16(27)5-8-20(19)29-25(26)32/h2-11,18,23H,12-13H2,1H3,(H,29,32)/t18-,23-,26+/m1/s1. The van der Waals surface area contributed by atoms with Gasteiger partial charge in [0.15, 0.2) is 17.3 Å². The van der Waals surface area contributed by atoms with Crippen LogP contribution in [0.2, 0.25) is 5.02 Å². The molecule has 0 aliphatic carbocycles. The van der Waals surface area contributed by atoms with Gasteiger partial charge in [0, 0.05) is 34.3 Å². The molecule has 0 unspecified atom stereocenters. The molecule has 1 fully saturated rings. The van der Waals surface area contributed by atoms with Gasteiger partial charge in [-0.1, -0.05) is 23.7 Å². The molecule has 0 aromatic heterocycles. The Bertz CT molecular complexity index is 1350. The van der Waals surface area contributed by atoms with Crippen molar-refractivity contribution in [3.05, 3.63) is 88.2 Å². The molecule has 1 N–H and O–H groups in total. The lowest BCUT2D eigenvalue weighted by atomic mass is 9.70. The van der Waals surface area contributed by atoms with Gasteiger partial charge >= 0.3 is 0 Å². The Morgan fingerprint density at radius 3 is 2.65 bits per heavy atom. The highest BCUT2D eigenvalue weighted by atomic mass is 35.5. The summed E-state index contributed by atoms with van der Waals surface area (Å²) in [6.45, 7) is 0.515. The van der Waals surface area contributed by atoms with E-state index in [-0.39, 0.29) is 30.2 Å². The van der Waals surface area contributed by atoms with Crippen molar-refractivity contribution in [2.24, 2.45) is 5.92 Å². The van der Waals surface area contributed by atoms with E-state index in [2.05, 4.69) is 5.32 Å². The molecule has 0 saturated carbocycles. The molecular formula is C26H20ClFN2O4. The second-order valence-electron chi connectivity index (χ2n) is 8.86. The second kappa shape index (κ2) is 7.55. The van der Waals surface area contributed by atoms with E-state index in [9.17, 15) is 14.0 Å². The average Bonchev–Trinajstić information content (AvgIpc) is 3.49. The summed E-state index contributed by atoms with van der Waals surface area (Å²) in [7, 11) is 1.83. The predicted octanol–water partition coefficient (Wildman–Crippen LogP) is 4.58. The topological polar surface area (TPSA) is 67.9 Å². The van der Waals surface area contributed by atoms with Crippen LogP contribution in [0.1, 0.15) is 27.4 Å². The van der Waals surface area contributed by atoms with Crippen LogP contribution in [0.5, 0.6) is 11.5 Å². The minimum Gasteiger partial charge on any atom is -0.454 e. The van der Waals surface area contributed by atoms with Crippen LogP contribution in [0.15, 0.2) is 60.7 Å². The van der Waals surface area contributed by atoms with Gasteiger partial charge in [-0.25, -0.2) is 4.39 Å². The summed E-state index contributed by atoms with van der Waals surface area (Å²) in [4.78, 5) is 29.8. The third kappa shape index (κ3) is 2.90. The van der Waals surface area contributed by atoms with E-state index in [4.69, 9.17) is 21.1 Å². The Hall–Kier alpha value is -3.42. The van der Waals surface area contributed by atoms with Crippen molar-refractivity contribution in [3.63, 3.8) is 0 Å². The van der Waals surface area contributed by atoms with Gasteiger partial charge in [0.2, 0.25) is 12.7 Å². The fourth-order valence-corrected chi connectivity index (χ4v) is 5.82. The Morgan fingerprint density at radius 2 is 1.85 bits per heavy atom. The fourth-order valence-electron chi connectivity index (χ4n) is 5.65. The van der Waals surface area contributed by atoms with Crippen molar-refractivity contribution < 1.29 is 23.5 Å². The smallest absolute Gasteiger partial charge is 0.250 e. The summed E-state index contributed by atoms with van der Waals surface area (Å²) >= 11 is 6.34. The lowest BCUT2D eigenvalue weighted by molar-refractivity contribution is -0.126. The normalized spacial score (nSPS) is 25.0. The highest BCUT2D eigenvalue weighted by Gasteiger charge is 2.64. The molecule has 3 heterocycles. The van der Waals surface area contributed by atoms with Gasteiger partial charge in [0.25, 0.3) is 0 Å². The van der Waals surface area contributed by atoms with Crippen LogP contribution in [0.3, 0.4) is 0 Å². The lowest BCUT2D eigenvalue weighted by Crippen LogP contribution is -2.51. The fraction of sp³-hybridized carbons (Fsp3) is 0.231. The number of ketones is 1.